The Hall–Kier alpha value is -1.38. The molecule has 4 heteroatoms. The number of fused-ring (bicyclic) bond motifs is 3. The third-order valence-electron chi connectivity index (χ3n) is 2.21. The van der Waals surface area contributed by atoms with Crippen LogP contribution in [0.25, 0.3) is 21.0 Å². The summed E-state index contributed by atoms with van der Waals surface area (Å²) >= 11 is 0.277. The number of hydrogen-bond donors (Lipinski definition) is 0. The normalized spacial score (nSPS) is 11.1. The Morgan fingerprint density at radius 1 is 1.29 bits per heavy atom. The number of para-hydroxylation sites is 1. The molecule has 0 atom stereocenters. The van der Waals surface area contributed by atoms with Gasteiger partial charge >= 0.3 is 86.3 Å². The molecular formula is C10H7N3Se. The number of hydrogen-bond acceptors (Lipinski definition) is 1. The fraction of sp³-hybridized carbons (Fsp3) is 0. The zero-order valence-corrected chi connectivity index (χ0v) is 8.98. The van der Waals surface area contributed by atoms with Crippen molar-refractivity contribution in [3.63, 3.8) is 0 Å². The Morgan fingerprint density at radius 2 is 2.14 bits per heavy atom. The van der Waals surface area contributed by atoms with Crippen LogP contribution in [-0.2, 0) is 0 Å². The average molecular weight is 248 g/mol. The van der Waals surface area contributed by atoms with Crippen molar-refractivity contribution in [2.24, 2.45) is 0 Å². The van der Waals surface area contributed by atoms with E-state index in [1.54, 1.807) is 6.33 Å². The standard InChI is InChI=1S/C10H7N3Se/c11-9-5-14-10-7-3-1-2-4-8(7)12-6-13(9)10/h1-6,11H. The van der Waals surface area contributed by atoms with Crippen LogP contribution in [0.2, 0.25) is 0 Å². The molecule has 0 saturated heterocycles. The summed E-state index contributed by atoms with van der Waals surface area (Å²) in [6.07, 6.45) is 1.74. The van der Waals surface area contributed by atoms with Crippen molar-refractivity contribution in [1.29, 1.82) is 0 Å². The topological polar surface area (TPSA) is 40.8 Å². The van der Waals surface area contributed by atoms with Crippen LogP contribution in [0.4, 0.5) is 5.82 Å². The van der Waals surface area contributed by atoms with Gasteiger partial charge in [-0.05, 0) is 0 Å². The summed E-state index contributed by atoms with van der Waals surface area (Å²) in [6.45, 7) is 0. The predicted molar refractivity (Wildman–Crippen MR) is 55.8 cm³/mol. The van der Waals surface area contributed by atoms with Gasteiger partial charge in [0.05, 0.1) is 0 Å². The second-order valence-corrected chi connectivity index (χ2v) is 4.86. The van der Waals surface area contributed by atoms with E-state index in [1.807, 2.05) is 27.5 Å². The van der Waals surface area contributed by atoms with Crippen LogP contribution in [0, 0.1) is 0 Å². The molecule has 0 saturated carbocycles. The zero-order valence-electron chi connectivity index (χ0n) is 7.27. The third-order valence-corrected chi connectivity index (χ3v) is 4.27. The summed E-state index contributed by atoms with van der Waals surface area (Å²) in [5, 5.41) is 1.17. The van der Waals surface area contributed by atoms with Gasteiger partial charge in [-0.2, -0.15) is 0 Å². The molecule has 0 amide bonds. The van der Waals surface area contributed by atoms with Gasteiger partial charge in [-0.3, -0.25) is 0 Å². The molecule has 0 aliphatic rings. The van der Waals surface area contributed by atoms with E-state index >= 15 is 0 Å². The number of nitrogens with one attached hydrogen (secondary N) is 1. The van der Waals surface area contributed by atoms with E-state index in [1.165, 1.54) is 9.78 Å². The summed E-state index contributed by atoms with van der Waals surface area (Å²) in [4.78, 5) is 6.28. The Morgan fingerprint density at radius 3 is 3.07 bits per heavy atom. The first-order valence-corrected chi connectivity index (χ1v) is 6.09. The van der Waals surface area contributed by atoms with Crippen molar-refractivity contribution >= 4 is 35.6 Å². The number of benzene rings is 1. The molecule has 0 radical (unpaired) electrons. The van der Waals surface area contributed by atoms with Crippen molar-refractivity contribution in [2.45, 2.75) is 0 Å². The van der Waals surface area contributed by atoms with Gasteiger partial charge in [-0.25, -0.2) is 0 Å². The van der Waals surface area contributed by atoms with E-state index in [9.17, 15) is 0 Å². The van der Waals surface area contributed by atoms with Crippen LogP contribution < -0.4 is 4.40 Å². The first kappa shape index (κ1) is 7.97. The predicted octanol–water partition coefficient (Wildman–Crippen LogP) is 1.71. The third kappa shape index (κ3) is 0.983. The molecule has 0 fully saturated rings. The molecule has 0 aliphatic carbocycles. The Labute approximate surface area is 86.6 Å². The second kappa shape index (κ2) is 2.80. The van der Waals surface area contributed by atoms with Gasteiger partial charge in [0.2, 0.25) is 0 Å². The van der Waals surface area contributed by atoms with Crippen LogP contribution in [0.1, 0.15) is 0 Å². The molecule has 0 bridgehead atoms. The van der Waals surface area contributed by atoms with E-state index in [4.69, 9.17) is 5.73 Å². The molecule has 0 spiro atoms. The monoisotopic (exact) mass is 249 g/mol. The summed E-state index contributed by atoms with van der Waals surface area (Å²) < 4.78 is 3.09. The summed E-state index contributed by atoms with van der Waals surface area (Å²) in [5.74, 6) is 0.554. The van der Waals surface area contributed by atoms with Crippen LogP contribution in [0.3, 0.4) is 0 Å². The van der Waals surface area contributed by atoms with E-state index in [2.05, 4.69) is 11.1 Å². The molecule has 3 nitrogen and oxygen atoms in total. The van der Waals surface area contributed by atoms with Gasteiger partial charge in [-0.15, -0.1) is 0 Å². The summed E-state index contributed by atoms with van der Waals surface area (Å²) in [7, 11) is 0. The molecule has 1 aromatic carbocycles. The quantitative estimate of drug-likeness (QED) is 0.441. The van der Waals surface area contributed by atoms with E-state index in [0.29, 0.717) is 5.82 Å². The van der Waals surface area contributed by atoms with Gasteiger partial charge in [0.25, 0.3) is 0 Å². The first-order valence-electron chi connectivity index (χ1n) is 4.24. The molecule has 3 rings (SSSR count). The Balaban J connectivity index is 2.61. The van der Waals surface area contributed by atoms with Crippen LogP contribution in [-0.4, -0.2) is 19.5 Å². The maximum atomic E-state index is 7.69. The molecule has 0 aliphatic heterocycles. The minimum atomic E-state index is 0.277. The average Bonchev–Trinajstić information content (AvgIpc) is 2.61. The van der Waals surface area contributed by atoms with Gasteiger partial charge in [-0.1, -0.05) is 0 Å². The first-order chi connectivity index (χ1) is 6.86. The number of aromatic nitrogens is 2. The van der Waals surface area contributed by atoms with Crippen molar-refractivity contribution in [3.05, 3.63) is 41.3 Å². The van der Waals surface area contributed by atoms with Gasteiger partial charge in [0, 0.05) is 0 Å². The molecule has 3 aromatic rings. The van der Waals surface area contributed by atoms with Gasteiger partial charge < -0.3 is 0 Å². The summed E-state index contributed by atoms with van der Waals surface area (Å²) in [6, 6.07) is 8.09. The van der Waals surface area contributed by atoms with Crippen molar-refractivity contribution in [2.75, 3.05) is 0 Å². The van der Waals surface area contributed by atoms with Crippen molar-refractivity contribution in [3.8, 4) is 0 Å². The van der Waals surface area contributed by atoms with E-state index in [-0.39, 0.29) is 14.5 Å². The van der Waals surface area contributed by atoms with Crippen molar-refractivity contribution in [1.82, 2.24) is 4.98 Å². The molecule has 2 aromatic heterocycles. The molecular weight excluding hydrogens is 241 g/mol. The van der Waals surface area contributed by atoms with Gasteiger partial charge in [0.1, 0.15) is 0 Å². The van der Waals surface area contributed by atoms with Crippen LogP contribution in [0.5, 0.6) is 0 Å². The van der Waals surface area contributed by atoms with Gasteiger partial charge in [0.15, 0.2) is 0 Å². The summed E-state index contributed by atoms with van der Waals surface area (Å²) in [5.41, 5.74) is 8.71. The number of nitrogens with zero attached hydrogens (tertiary/aromatic N) is 2. The Kier molecular flexibility index (Phi) is 1.60. The van der Waals surface area contributed by atoms with Crippen molar-refractivity contribution < 1.29 is 4.40 Å². The van der Waals surface area contributed by atoms with Crippen LogP contribution in [0.15, 0.2) is 35.5 Å². The number of rotatable bonds is 0. The molecule has 0 unspecified atom stereocenters. The molecule has 14 heavy (non-hydrogen) atoms. The Bertz CT molecular complexity index is 615. The maximum absolute atomic E-state index is 7.69. The SMILES string of the molecule is [NH-]c1c[se]c2c3ccccc3nc[n+]12. The molecule has 1 N–H and O–H groups in total. The second-order valence-electron chi connectivity index (χ2n) is 3.06. The van der Waals surface area contributed by atoms with E-state index in [0.717, 1.165) is 5.52 Å². The fourth-order valence-corrected chi connectivity index (χ4v) is 3.41. The molecule has 68 valence electrons. The van der Waals surface area contributed by atoms with Crippen LogP contribution >= 0.6 is 0 Å². The zero-order chi connectivity index (χ0) is 9.54. The molecule has 2 heterocycles. The fourth-order valence-electron chi connectivity index (χ4n) is 1.53. The van der Waals surface area contributed by atoms with E-state index < -0.39 is 0 Å². The minimum absolute atomic E-state index is 0.277.